The number of morpholine rings is 1. The summed E-state index contributed by atoms with van der Waals surface area (Å²) in [5.41, 5.74) is 1.93. The van der Waals surface area contributed by atoms with Crippen LogP contribution in [0.15, 0.2) is 54.6 Å². The standard InChI is InChI=1S/C21H18FN5O/c22-18-8-6-16(7-9-18)14-17(15-23)20-24-25-21(26-10-12-28-13-11-26)27(20)19-4-2-1-3-5-19/h1-9,14H,10-13H2. The molecule has 0 bridgehead atoms. The SMILES string of the molecule is N#CC(=Cc1ccc(F)cc1)c1nnc(N2CCOCC2)n1-c1ccccc1. The van der Waals surface area contributed by atoms with E-state index in [1.165, 1.54) is 12.1 Å². The van der Waals surface area contributed by atoms with Crippen molar-refractivity contribution in [3.05, 3.63) is 71.8 Å². The molecule has 0 aliphatic carbocycles. The Kier molecular flexibility index (Phi) is 5.13. The molecule has 0 N–H and O–H groups in total. The molecule has 2 aromatic carbocycles. The first kappa shape index (κ1) is 17.9. The molecule has 0 saturated carbocycles. The number of allylic oxidation sites excluding steroid dienone is 1. The molecule has 1 aliphatic heterocycles. The van der Waals surface area contributed by atoms with Gasteiger partial charge in [-0.05, 0) is 35.9 Å². The average Bonchev–Trinajstić information content (AvgIpc) is 3.19. The van der Waals surface area contributed by atoms with Gasteiger partial charge in [-0.2, -0.15) is 5.26 Å². The Morgan fingerprint density at radius 3 is 2.43 bits per heavy atom. The van der Waals surface area contributed by atoms with Crippen LogP contribution in [0.1, 0.15) is 11.4 Å². The van der Waals surface area contributed by atoms with Crippen LogP contribution in [0.2, 0.25) is 0 Å². The molecule has 1 saturated heterocycles. The number of para-hydroxylation sites is 1. The average molecular weight is 375 g/mol. The van der Waals surface area contributed by atoms with E-state index in [2.05, 4.69) is 21.2 Å². The number of nitriles is 1. The first-order chi connectivity index (χ1) is 13.8. The molecule has 6 nitrogen and oxygen atoms in total. The van der Waals surface area contributed by atoms with Crippen molar-refractivity contribution in [3.8, 4) is 11.8 Å². The largest absolute Gasteiger partial charge is 0.378 e. The summed E-state index contributed by atoms with van der Waals surface area (Å²) < 4.78 is 20.5. The van der Waals surface area contributed by atoms with Gasteiger partial charge in [0.05, 0.1) is 24.5 Å². The zero-order valence-electron chi connectivity index (χ0n) is 15.1. The minimum absolute atomic E-state index is 0.322. The van der Waals surface area contributed by atoms with Gasteiger partial charge in [0.1, 0.15) is 11.9 Å². The van der Waals surface area contributed by atoms with Crippen LogP contribution in [-0.2, 0) is 4.74 Å². The molecule has 28 heavy (non-hydrogen) atoms. The van der Waals surface area contributed by atoms with Crippen LogP contribution in [0.4, 0.5) is 10.3 Å². The molecule has 0 radical (unpaired) electrons. The molecular weight excluding hydrogens is 357 g/mol. The van der Waals surface area contributed by atoms with E-state index in [1.54, 1.807) is 18.2 Å². The first-order valence-electron chi connectivity index (χ1n) is 8.97. The van der Waals surface area contributed by atoms with Gasteiger partial charge in [-0.3, -0.25) is 4.57 Å². The van der Waals surface area contributed by atoms with E-state index in [0.717, 1.165) is 5.69 Å². The first-order valence-corrected chi connectivity index (χ1v) is 8.97. The molecule has 3 aromatic rings. The van der Waals surface area contributed by atoms with E-state index in [9.17, 15) is 9.65 Å². The van der Waals surface area contributed by atoms with Gasteiger partial charge in [0.15, 0.2) is 5.82 Å². The van der Waals surface area contributed by atoms with Crippen LogP contribution in [0.5, 0.6) is 0 Å². The van der Waals surface area contributed by atoms with Gasteiger partial charge in [-0.25, -0.2) is 4.39 Å². The van der Waals surface area contributed by atoms with Crippen molar-refractivity contribution in [3.63, 3.8) is 0 Å². The van der Waals surface area contributed by atoms with Gasteiger partial charge < -0.3 is 9.64 Å². The van der Waals surface area contributed by atoms with E-state index in [1.807, 2.05) is 34.9 Å². The van der Waals surface area contributed by atoms with Gasteiger partial charge in [0, 0.05) is 13.1 Å². The quantitative estimate of drug-likeness (QED) is 0.655. The number of ether oxygens (including phenoxy) is 1. The Morgan fingerprint density at radius 2 is 1.75 bits per heavy atom. The third kappa shape index (κ3) is 3.63. The fourth-order valence-electron chi connectivity index (χ4n) is 3.11. The second-order valence-electron chi connectivity index (χ2n) is 6.32. The van der Waals surface area contributed by atoms with Crippen molar-refractivity contribution in [1.82, 2.24) is 14.8 Å². The Balaban J connectivity index is 1.82. The third-order valence-corrected chi connectivity index (χ3v) is 4.50. The summed E-state index contributed by atoms with van der Waals surface area (Å²) in [6.07, 6.45) is 1.69. The highest BCUT2D eigenvalue weighted by Crippen LogP contribution is 2.26. The lowest BCUT2D eigenvalue weighted by Gasteiger charge is -2.28. The third-order valence-electron chi connectivity index (χ3n) is 4.50. The summed E-state index contributed by atoms with van der Waals surface area (Å²) in [5.74, 6) is 0.794. The summed E-state index contributed by atoms with van der Waals surface area (Å²) in [5, 5.41) is 18.5. The summed E-state index contributed by atoms with van der Waals surface area (Å²) >= 11 is 0. The maximum absolute atomic E-state index is 13.2. The van der Waals surface area contributed by atoms with E-state index >= 15 is 0 Å². The van der Waals surface area contributed by atoms with Gasteiger partial charge >= 0.3 is 0 Å². The highest BCUT2D eigenvalue weighted by molar-refractivity contribution is 5.88. The molecule has 2 heterocycles. The molecule has 1 fully saturated rings. The fourth-order valence-corrected chi connectivity index (χ4v) is 3.11. The van der Waals surface area contributed by atoms with E-state index < -0.39 is 0 Å². The van der Waals surface area contributed by atoms with Crippen LogP contribution in [0.25, 0.3) is 17.3 Å². The molecule has 0 unspecified atom stereocenters. The molecule has 7 heteroatoms. The molecule has 1 aromatic heterocycles. The smallest absolute Gasteiger partial charge is 0.232 e. The monoisotopic (exact) mass is 375 g/mol. The van der Waals surface area contributed by atoms with Gasteiger partial charge in [-0.15, -0.1) is 10.2 Å². The Labute approximate surface area is 162 Å². The predicted octanol–water partition coefficient (Wildman–Crippen LogP) is 3.31. The number of benzene rings is 2. The van der Waals surface area contributed by atoms with Crippen LogP contribution < -0.4 is 4.90 Å². The molecule has 0 spiro atoms. The minimum atomic E-state index is -0.322. The van der Waals surface area contributed by atoms with Crippen LogP contribution in [-0.4, -0.2) is 41.1 Å². The zero-order chi connectivity index (χ0) is 19.3. The van der Waals surface area contributed by atoms with Crippen molar-refractivity contribution < 1.29 is 9.13 Å². The van der Waals surface area contributed by atoms with E-state index in [0.29, 0.717) is 49.2 Å². The Hall–Kier alpha value is -3.50. The van der Waals surface area contributed by atoms with E-state index in [-0.39, 0.29) is 5.82 Å². The molecule has 1 aliphatic rings. The summed E-state index contributed by atoms with van der Waals surface area (Å²) in [4.78, 5) is 2.10. The molecule has 4 rings (SSSR count). The molecule has 0 atom stereocenters. The molecule has 140 valence electrons. The summed E-state index contributed by atoms with van der Waals surface area (Å²) in [7, 11) is 0. The lowest BCUT2D eigenvalue weighted by atomic mass is 10.1. The minimum Gasteiger partial charge on any atom is -0.378 e. The van der Waals surface area contributed by atoms with Crippen LogP contribution in [0, 0.1) is 17.1 Å². The van der Waals surface area contributed by atoms with Crippen molar-refractivity contribution in [2.24, 2.45) is 0 Å². The number of halogens is 1. The van der Waals surface area contributed by atoms with E-state index in [4.69, 9.17) is 4.74 Å². The Bertz CT molecular complexity index is 1020. The lowest BCUT2D eigenvalue weighted by Crippen LogP contribution is -2.38. The number of anilines is 1. The number of rotatable bonds is 4. The van der Waals surface area contributed by atoms with Gasteiger partial charge in [0.2, 0.25) is 5.95 Å². The van der Waals surface area contributed by atoms with Gasteiger partial charge in [0.25, 0.3) is 0 Å². The van der Waals surface area contributed by atoms with Crippen LogP contribution in [0.3, 0.4) is 0 Å². The van der Waals surface area contributed by atoms with Crippen molar-refractivity contribution in [1.29, 1.82) is 5.26 Å². The fraction of sp³-hybridized carbons (Fsp3) is 0.190. The predicted molar refractivity (Wildman–Crippen MR) is 104 cm³/mol. The number of nitrogens with zero attached hydrogens (tertiary/aromatic N) is 5. The highest BCUT2D eigenvalue weighted by atomic mass is 19.1. The van der Waals surface area contributed by atoms with Crippen molar-refractivity contribution in [2.75, 3.05) is 31.2 Å². The molecular formula is C21H18FN5O. The Morgan fingerprint density at radius 1 is 1.04 bits per heavy atom. The summed E-state index contributed by atoms with van der Waals surface area (Å²) in [6.45, 7) is 2.64. The molecule has 0 amide bonds. The lowest BCUT2D eigenvalue weighted by molar-refractivity contribution is 0.122. The maximum Gasteiger partial charge on any atom is 0.232 e. The normalized spacial score (nSPS) is 14.7. The number of hydrogen-bond donors (Lipinski definition) is 0. The second kappa shape index (κ2) is 8.03. The maximum atomic E-state index is 13.2. The van der Waals surface area contributed by atoms with Crippen molar-refractivity contribution in [2.45, 2.75) is 0 Å². The van der Waals surface area contributed by atoms with Crippen molar-refractivity contribution >= 4 is 17.6 Å². The highest BCUT2D eigenvalue weighted by Gasteiger charge is 2.23. The topological polar surface area (TPSA) is 67.0 Å². The van der Waals surface area contributed by atoms with Crippen LogP contribution >= 0.6 is 0 Å². The summed E-state index contributed by atoms with van der Waals surface area (Å²) in [6, 6.07) is 17.9. The zero-order valence-corrected chi connectivity index (χ0v) is 15.1. The van der Waals surface area contributed by atoms with Gasteiger partial charge in [-0.1, -0.05) is 30.3 Å². The number of hydrogen-bond acceptors (Lipinski definition) is 5. The number of aromatic nitrogens is 3. The second-order valence-corrected chi connectivity index (χ2v) is 6.32.